The van der Waals surface area contributed by atoms with E-state index >= 15 is 0 Å². The van der Waals surface area contributed by atoms with Gasteiger partial charge in [-0.1, -0.05) is 131 Å². The number of allylic oxidation sites excluding steroid dienone is 8. The fourth-order valence-corrected chi connectivity index (χ4v) is 3.65. The largest absolute Gasteiger partial charge is 0.481 e. The summed E-state index contributed by atoms with van der Waals surface area (Å²) >= 11 is 0. The van der Waals surface area contributed by atoms with Gasteiger partial charge < -0.3 is 15.3 Å². The van der Waals surface area contributed by atoms with Crippen LogP contribution in [0.2, 0.25) is 0 Å². The van der Waals surface area contributed by atoms with Gasteiger partial charge in [0.25, 0.3) is 0 Å². The molecule has 0 rings (SSSR count). The molecule has 0 saturated heterocycles. The normalized spacial score (nSPS) is 14.5. The average Bonchev–Trinajstić information content (AvgIpc) is 2.85. The highest BCUT2D eigenvalue weighted by Gasteiger charge is 1.97. The van der Waals surface area contributed by atoms with Crippen LogP contribution in [-0.4, -0.2) is 33.5 Å². The van der Waals surface area contributed by atoms with E-state index in [4.69, 9.17) is 5.11 Å². The molecule has 0 aliphatic carbocycles. The third-order valence-corrected chi connectivity index (χ3v) is 5.77. The summed E-state index contributed by atoms with van der Waals surface area (Å²) < 4.78 is 0. The second kappa shape index (κ2) is 27.4. The number of carboxylic acid groups (broad SMARTS) is 1. The van der Waals surface area contributed by atoms with Crippen LogP contribution in [-0.2, 0) is 4.79 Å². The van der Waals surface area contributed by atoms with Gasteiger partial charge in [0.1, 0.15) is 0 Å². The third kappa shape index (κ3) is 28.1. The van der Waals surface area contributed by atoms with Gasteiger partial charge in [0.05, 0.1) is 12.2 Å². The van der Waals surface area contributed by atoms with Crippen molar-refractivity contribution < 1.29 is 20.1 Å². The first-order chi connectivity index (χ1) is 17.6. The van der Waals surface area contributed by atoms with Gasteiger partial charge in [-0.05, 0) is 44.9 Å². The zero-order chi connectivity index (χ0) is 26.5. The van der Waals surface area contributed by atoms with E-state index in [0.717, 1.165) is 32.1 Å². The van der Waals surface area contributed by atoms with Crippen LogP contribution < -0.4 is 0 Å². The molecule has 0 saturated carbocycles. The molecule has 0 fully saturated rings. The van der Waals surface area contributed by atoms with Crippen LogP contribution in [0.25, 0.3) is 0 Å². The van der Waals surface area contributed by atoms with E-state index in [1.807, 2.05) is 42.5 Å². The molecule has 0 bridgehead atoms. The number of hydrogen-bond acceptors (Lipinski definition) is 3. The highest BCUT2D eigenvalue weighted by atomic mass is 16.4. The lowest BCUT2D eigenvalue weighted by molar-refractivity contribution is -0.137. The number of rotatable bonds is 24. The Hall–Kier alpha value is -2.17. The van der Waals surface area contributed by atoms with Gasteiger partial charge in [0, 0.05) is 6.42 Å². The van der Waals surface area contributed by atoms with Gasteiger partial charge in [-0.25, -0.2) is 0 Å². The molecule has 204 valence electrons. The number of unbranched alkanes of at least 4 members (excludes halogenated alkanes) is 10. The van der Waals surface area contributed by atoms with Crippen molar-refractivity contribution in [3.05, 3.63) is 72.9 Å². The predicted octanol–water partition coefficient (Wildman–Crippen LogP) is 8.39. The summed E-state index contributed by atoms with van der Waals surface area (Å²) in [5.41, 5.74) is 0. The Balaban J connectivity index is 3.58. The van der Waals surface area contributed by atoms with Gasteiger partial charge in [0.2, 0.25) is 0 Å². The smallest absolute Gasteiger partial charge is 0.303 e. The maximum absolute atomic E-state index is 10.4. The van der Waals surface area contributed by atoms with Crippen molar-refractivity contribution in [2.24, 2.45) is 0 Å². The Morgan fingerprint density at radius 2 is 1.08 bits per heavy atom. The second-order valence-electron chi connectivity index (χ2n) is 9.29. The summed E-state index contributed by atoms with van der Waals surface area (Å²) in [6, 6.07) is 0. The second-order valence-corrected chi connectivity index (χ2v) is 9.29. The first-order valence-corrected chi connectivity index (χ1v) is 14.1. The topological polar surface area (TPSA) is 77.8 Å². The molecular weight excluding hydrogens is 448 g/mol. The summed E-state index contributed by atoms with van der Waals surface area (Å²) in [5, 5.41) is 28.3. The van der Waals surface area contributed by atoms with E-state index < -0.39 is 18.2 Å². The lowest BCUT2D eigenvalue weighted by atomic mass is 10.1. The quantitative estimate of drug-likeness (QED) is 0.0706. The lowest BCUT2D eigenvalue weighted by Crippen LogP contribution is -1.98. The van der Waals surface area contributed by atoms with Crippen molar-refractivity contribution in [2.75, 3.05) is 0 Å². The van der Waals surface area contributed by atoms with Gasteiger partial charge in [-0.15, -0.1) is 0 Å². The molecule has 0 heterocycles. The van der Waals surface area contributed by atoms with Crippen molar-refractivity contribution in [1.82, 2.24) is 0 Å². The van der Waals surface area contributed by atoms with Crippen LogP contribution in [0.1, 0.15) is 110 Å². The van der Waals surface area contributed by atoms with Crippen molar-refractivity contribution in [3.8, 4) is 0 Å². The fraction of sp³-hybridized carbons (Fsp3) is 0.594. The number of carboxylic acids is 1. The highest BCUT2D eigenvalue weighted by molar-refractivity contribution is 5.66. The van der Waals surface area contributed by atoms with Crippen LogP contribution >= 0.6 is 0 Å². The molecule has 0 unspecified atom stereocenters. The van der Waals surface area contributed by atoms with Crippen LogP contribution in [0.15, 0.2) is 72.9 Å². The van der Waals surface area contributed by atoms with Crippen LogP contribution in [0.3, 0.4) is 0 Å². The third-order valence-electron chi connectivity index (χ3n) is 5.77. The first kappa shape index (κ1) is 33.8. The van der Waals surface area contributed by atoms with Crippen LogP contribution in [0.5, 0.6) is 0 Å². The summed E-state index contributed by atoms with van der Waals surface area (Å²) in [6.45, 7) is 2.07. The maximum atomic E-state index is 10.4. The van der Waals surface area contributed by atoms with E-state index in [1.165, 1.54) is 51.4 Å². The first-order valence-electron chi connectivity index (χ1n) is 14.1. The Labute approximate surface area is 220 Å². The average molecular weight is 501 g/mol. The van der Waals surface area contributed by atoms with Crippen molar-refractivity contribution >= 4 is 5.97 Å². The highest BCUT2D eigenvalue weighted by Crippen LogP contribution is 2.12. The van der Waals surface area contributed by atoms with Gasteiger partial charge in [-0.2, -0.15) is 0 Å². The Morgan fingerprint density at radius 3 is 1.61 bits per heavy atom. The molecule has 0 amide bonds. The predicted molar refractivity (Wildman–Crippen MR) is 154 cm³/mol. The van der Waals surface area contributed by atoms with Gasteiger partial charge in [-0.3, -0.25) is 4.79 Å². The summed E-state index contributed by atoms with van der Waals surface area (Å²) in [5.74, 6) is -0.678. The van der Waals surface area contributed by atoms with Crippen molar-refractivity contribution in [2.45, 2.75) is 122 Å². The molecule has 0 radical (unpaired) electrons. The molecule has 0 spiro atoms. The van der Waals surface area contributed by atoms with E-state index in [9.17, 15) is 15.0 Å². The lowest BCUT2D eigenvalue weighted by Gasteiger charge is -2.01. The van der Waals surface area contributed by atoms with Crippen LogP contribution in [0.4, 0.5) is 0 Å². The monoisotopic (exact) mass is 500 g/mol. The molecule has 3 N–H and O–H groups in total. The molecule has 4 heteroatoms. The molecule has 0 aliphatic rings. The number of aliphatic hydroxyl groups excluding tert-OH is 2. The summed E-state index contributed by atoms with van der Waals surface area (Å²) in [7, 11) is 0. The van der Waals surface area contributed by atoms with Crippen molar-refractivity contribution in [3.63, 3.8) is 0 Å². The van der Waals surface area contributed by atoms with Gasteiger partial charge >= 0.3 is 5.97 Å². The van der Waals surface area contributed by atoms with Crippen LogP contribution in [0, 0.1) is 0 Å². The van der Waals surface area contributed by atoms with Crippen molar-refractivity contribution in [1.29, 1.82) is 0 Å². The minimum atomic E-state index is -0.678. The zero-order valence-corrected chi connectivity index (χ0v) is 22.6. The SMILES string of the molecule is CC/C=C\C[C@H](O)\C=C/C=C/C=C/[C@H](O)C/C=C/C/C=C/CCCCCCCCCCCCC(=O)O. The minimum Gasteiger partial charge on any atom is -0.481 e. The van der Waals surface area contributed by atoms with E-state index in [0.29, 0.717) is 19.3 Å². The number of hydrogen-bond donors (Lipinski definition) is 3. The Bertz CT molecular complexity index is 670. The number of carbonyl (C=O) groups is 1. The van der Waals surface area contributed by atoms with Gasteiger partial charge in [0.15, 0.2) is 0 Å². The molecule has 0 aliphatic heterocycles. The van der Waals surface area contributed by atoms with E-state index in [2.05, 4.69) is 25.2 Å². The minimum absolute atomic E-state index is 0.314. The molecule has 0 aromatic carbocycles. The Kier molecular flexibility index (Phi) is 25.8. The Morgan fingerprint density at radius 1 is 0.611 bits per heavy atom. The summed E-state index contributed by atoms with van der Waals surface area (Å²) in [4.78, 5) is 10.4. The summed E-state index contributed by atoms with van der Waals surface area (Å²) in [6.07, 6.45) is 39.2. The molecule has 4 nitrogen and oxygen atoms in total. The molecule has 2 atom stereocenters. The molecular formula is C32H52O4. The molecule has 0 aromatic rings. The molecule has 36 heavy (non-hydrogen) atoms. The number of aliphatic carboxylic acids is 1. The fourth-order valence-electron chi connectivity index (χ4n) is 3.65. The number of aliphatic hydroxyl groups is 2. The zero-order valence-electron chi connectivity index (χ0n) is 22.6. The molecule has 0 aromatic heterocycles. The van der Waals surface area contributed by atoms with E-state index in [-0.39, 0.29) is 0 Å². The maximum Gasteiger partial charge on any atom is 0.303 e. The van der Waals surface area contributed by atoms with E-state index in [1.54, 1.807) is 12.2 Å². The standard InChI is InChI=1S/C32H52O4/c1-2-3-20-25-30(33)27-22-18-19-23-28-31(34)26-21-16-14-12-10-8-6-4-5-7-9-11-13-15-17-24-29-32(35)36/h3,10,12,16,18-23,27-28,30-31,33-34H,2,4-9,11,13-15,17,24-26,29H2,1H3,(H,35,36)/b12-10+,19-18+,20-3-,21-16+,27-22-,28-23+/t30-,31+/m0/s1.